The number of amides is 1. The van der Waals surface area contributed by atoms with Gasteiger partial charge in [0.15, 0.2) is 0 Å². The summed E-state index contributed by atoms with van der Waals surface area (Å²) in [5.41, 5.74) is 1.66. The fraction of sp³-hybridized carbons (Fsp3) is 0.235. The summed E-state index contributed by atoms with van der Waals surface area (Å²) in [6, 6.07) is 9.39. The van der Waals surface area contributed by atoms with Gasteiger partial charge in [0.1, 0.15) is 11.4 Å². The van der Waals surface area contributed by atoms with Crippen LogP contribution in [0.1, 0.15) is 17.4 Å². The standard InChI is InChI=1S/C17H17N3O2S/c1-3-13-8-14-16(23-13)18-10-20(17(14)22)9-15(21)19-12-6-4-11(2)5-7-12/h4-8,10H,3,9H2,1-2H3,(H,19,21). The molecule has 0 aliphatic rings. The van der Waals surface area contributed by atoms with E-state index in [1.54, 1.807) is 0 Å². The Morgan fingerprint density at radius 1 is 1.30 bits per heavy atom. The first-order valence-corrected chi connectivity index (χ1v) is 8.23. The van der Waals surface area contributed by atoms with Gasteiger partial charge in [-0.15, -0.1) is 11.3 Å². The molecule has 23 heavy (non-hydrogen) atoms. The molecule has 0 radical (unpaired) electrons. The highest BCUT2D eigenvalue weighted by Crippen LogP contribution is 2.20. The number of hydrogen-bond donors (Lipinski definition) is 1. The van der Waals surface area contributed by atoms with E-state index in [0.29, 0.717) is 11.1 Å². The Morgan fingerprint density at radius 2 is 2.04 bits per heavy atom. The third kappa shape index (κ3) is 3.32. The largest absolute Gasteiger partial charge is 0.325 e. The molecule has 3 aromatic rings. The lowest BCUT2D eigenvalue weighted by Gasteiger charge is -2.07. The second kappa shape index (κ2) is 6.34. The highest BCUT2D eigenvalue weighted by Gasteiger charge is 2.11. The van der Waals surface area contributed by atoms with Crippen LogP contribution < -0.4 is 10.9 Å². The summed E-state index contributed by atoms with van der Waals surface area (Å²) in [5.74, 6) is -0.247. The van der Waals surface area contributed by atoms with E-state index in [1.165, 1.54) is 22.2 Å². The lowest BCUT2D eigenvalue weighted by Crippen LogP contribution is -2.27. The molecule has 0 fully saturated rings. The van der Waals surface area contributed by atoms with Crippen molar-refractivity contribution in [3.05, 3.63) is 57.5 Å². The van der Waals surface area contributed by atoms with Gasteiger partial charge in [-0.05, 0) is 31.5 Å². The average molecular weight is 327 g/mol. The Kier molecular flexibility index (Phi) is 4.25. The van der Waals surface area contributed by atoms with E-state index in [1.807, 2.05) is 44.2 Å². The summed E-state index contributed by atoms with van der Waals surface area (Å²) in [6.45, 7) is 3.97. The van der Waals surface area contributed by atoms with Crippen molar-refractivity contribution in [2.45, 2.75) is 26.8 Å². The lowest BCUT2D eigenvalue weighted by molar-refractivity contribution is -0.116. The molecule has 0 aliphatic heterocycles. The Balaban J connectivity index is 1.80. The van der Waals surface area contributed by atoms with Gasteiger partial charge in [-0.1, -0.05) is 24.6 Å². The predicted octanol–water partition coefficient (Wildman–Crippen LogP) is 2.97. The molecule has 0 bridgehead atoms. The maximum atomic E-state index is 12.4. The molecule has 0 saturated carbocycles. The summed E-state index contributed by atoms with van der Waals surface area (Å²) in [5, 5.41) is 3.37. The van der Waals surface area contributed by atoms with Crippen molar-refractivity contribution in [1.82, 2.24) is 9.55 Å². The van der Waals surface area contributed by atoms with Crippen LogP contribution in [0.4, 0.5) is 5.69 Å². The van der Waals surface area contributed by atoms with E-state index in [-0.39, 0.29) is 18.0 Å². The molecule has 1 amide bonds. The van der Waals surface area contributed by atoms with Crippen molar-refractivity contribution in [3.8, 4) is 0 Å². The fourth-order valence-corrected chi connectivity index (χ4v) is 3.21. The van der Waals surface area contributed by atoms with Crippen LogP contribution in [0.2, 0.25) is 0 Å². The minimum Gasteiger partial charge on any atom is -0.325 e. The van der Waals surface area contributed by atoms with Gasteiger partial charge in [-0.25, -0.2) is 4.98 Å². The van der Waals surface area contributed by atoms with Gasteiger partial charge >= 0.3 is 0 Å². The van der Waals surface area contributed by atoms with E-state index in [0.717, 1.165) is 21.7 Å². The number of nitrogens with zero attached hydrogens (tertiary/aromatic N) is 2. The smallest absolute Gasteiger partial charge is 0.262 e. The maximum Gasteiger partial charge on any atom is 0.262 e. The number of nitrogens with one attached hydrogen (secondary N) is 1. The first-order chi connectivity index (χ1) is 11.1. The molecule has 2 aromatic heterocycles. The van der Waals surface area contributed by atoms with Crippen LogP contribution in [-0.2, 0) is 17.8 Å². The molecule has 2 heterocycles. The van der Waals surface area contributed by atoms with Crippen LogP contribution in [0.25, 0.3) is 10.2 Å². The van der Waals surface area contributed by atoms with Crippen molar-refractivity contribution in [2.24, 2.45) is 0 Å². The molecule has 118 valence electrons. The van der Waals surface area contributed by atoms with Crippen LogP contribution in [0.3, 0.4) is 0 Å². The maximum absolute atomic E-state index is 12.4. The molecule has 0 aliphatic carbocycles. The number of hydrogen-bond acceptors (Lipinski definition) is 4. The van der Waals surface area contributed by atoms with Gasteiger partial charge in [0.2, 0.25) is 5.91 Å². The summed E-state index contributed by atoms with van der Waals surface area (Å²) < 4.78 is 1.35. The van der Waals surface area contributed by atoms with Gasteiger partial charge in [0.25, 0.3) is 5.56 Å². The quantitative estimate of drug-likeness (QED) is 0.801. The monoisotopic (exact) mass is 327 g/mol. The number of carbonyl (C=O) groups is 1. The topological polar surface area (TPSA) is 64.0 Å². The van der Waals surface area contributed by atoms with Crippen molar-refractivity contribution in [1.29, 1.82) is 0 Å². The van der Waals surface area contributed by atoms with Crippen LogP contribution in [-0.4, -0.2) is 15.5 Å². The van der Waals surface area contributed by atoms with Crippen molar-refractivity contribution < 1.29 is 4.79 Å². The molecule has 5 nitrogen and oxygen atoms in total. The number of anilines is 1. The van der Waals surface area contributed by atoms with E-state index in [9.17, 15) is 9.59 Å². The highest BCUT2D eigenvalue weighted by atomic mass is 32.1. The zero-order valence-electron chi connectivity index (χ0n) is 13.0. The van der Waals surface area contributed by atoms with E-state index in [4.69, 9.17) is 0 Å². The molecule has 0 spiro atoms. The molecule has 0 saturated heterocycles. The van der Waals surface area contributed by atoms with Crippen molar-refractivity contribution in [3.63, 3.8) is 0 Å². The molecule has 1 aromatic carbocycles. The number of carbonyl (C=O) groups excluding carboxylic acids is 1. The second-order valence-corrected chi connectivity index (χ2v) is 6.49. The SMILES string of the molecule is CCc1cc2c(=O)n(CC(=O)Nc3ccc(C)cc3)cnc2s1. The van der Waals surface area contributed by atoms with Gasteiger partial charge < -0.3 is 5.32 Å². The van der Waals surface area contributed by atoms with Crippen LogP contribution in [0, 0.1) is 6.92 Å². The molecule has 6 heteroatoms. The third-order valence-corrected chi connectivity index (χ3v) is 4.75. The van der Waals surface area contributed by atoms with Crippen LogP contribution in [0.5, 0.6) is 0 Å². The first-order valence-electron chi connectivity index (χ1n) is 7.41. The summed E-state index contributed by atoms with van der Waals surface area (Å²) in [7, 11) is 0. The molecule has 0 atom stereocenters. The number of benzene rings is 1. The number of aromatic nitrogens is 2. The molecular weight excluding hydrogens is 310 g/mol. The number of thiophene rings is 1. The average Bonchev–Trinajstić information content (AvgIpc) is 2.96. The zero-order chi connectivity index (χ0) is 16.4. The molecule has 3 rings (SSSR count). The van der Waals surface area contributed by atoms with E-state index in [2.05, 4.69) is 10.3 Å². The Labute approximate surface area is 137 Å². The second-order valence-electron chi connectivity index (χ2n) is 5.38. The Bertz CT molecular complexity index is 910. The summed E-state index contributed by atoms with van der Waals surface area (Å²) in [4.78, 5) is 30.7. The Hall–Kier alpha value is -2.47. The lowest BCUT2D eigenvalue weighted by atomic mass is 10.2. The minimum absolute atomic E-state index is 0.0487. The molecule has 1 N–H and O–H groups in total. The van der Waals surface area contributed by atoms with Gasteiger partial charge in [0, 0.05) is 10.6 Å². The summed E-state index contributed by atoms with van der Waals surface area (Å²) >= 11 is 1.52. The zero-order valence-corrected chi connectivity index (χ0v) is 13.8. The minimum atomic E-state index is -0.247. The van der Waals surface area contributed by atoms with E-state index >= 15 is 0 Å². The summed E-state index contributed by atoms with van der Waals surface area (Å²) in [6.07, 6.45) is 2.31. The van der Waals surface area contributed by atoms with Crippen molar-refractivity contribution in [2.75, 3.05) is 5.32 Å². The third-order valence-electron chi connectivity index (χ3n) is 3.57. The predicted molar refractivity (Wildman–Crippen MR) is 93.1 cm³/mol. The fourth-order valence-electron chi connectivity index (χ4n) is 2.29. The van der Waals surface area contributed by atoms with E-state index < -0.39 is 0 Å². The van der Waals surface area contributed by atoms with Gasteiger partial charge in [-0.2, -0.15) is 0 Å². The van der Waals surface area contributed by atoms with Crippen LogP contribution >= 0.6 is 11.3 Å². The normalized spacial score (nSPS) is 10.9. The highest BCUT2D eigenvalue weighted by molar-refractivity contribution is 7.18. The Morgan fingerprint density at radius 3 is 2.74 bits per heavy atom. The number of aryl methyl sites for hydroxylation is 2. The first kappa shape index (κ1) is 15.4. The molecular formula is C17H17N3O2S. The molecule has 0 unspecified atom stereocenters. The van der Waals surface area contributed by atoms with Crippen LogP contribution in [0.15, 0.2) is 41.5 Å². The number of rotatable bonds is 4. The van der Waals surface area contributed by atoms with Gasteiger partial charge in [-0.3, -0.25) is 14.2 Å². The van der Waals surface area contributed by atoms with Gasteiger partial charge in [0.05, 0.1) is 11.7 Å². The number of fused-ring (bicyclic) bond motifs is 1. The van der Waals surface area contributed by atoms with Crippen molar-refractivity contribution >= 4 is 33.1 Å².